The first kappa shape index (κ1) is 15.9. The lowest BCUT2D eigenvalue weighted by atomic mass is 10.0. The summed E-state index contributed by atoms with van der Waals surface area (Å²) in [5.74, 6) is -0.898. The van der Waals surface area contributed by atoms with Gasteiger partial charge in [0, 0.05) is 11.1 Å². The first-order chi connectivity index (χ1) is 10.3. The van der Waals surface area contributed by atoms with Gasteiger partial charge >= 0.3 is 5.97 Å². The Morgan fingerprint density at radius 2 is 1.73 bits per heavy atom. The van der Waals surface area contributed by atoms with E-state index in [0.717, 1.165) is 0 Å². The number of benzene rings is 2. The average molecular weight is 300 g/mol. The smallest absolute Gasteiger partial charge is 0.338 e. The van der Waals surface area contributed by atoms with Crippen molar-refractivity contribution in [3.63, 3.8) is 0 Å². The summed E-state index contributed by atoms with van der Waals surface area (Å²) in [7, 11) is 0. The fourth-order valence-electron chi connectivity index (χ4n) is 1.96. The summed E-state index contributed by atoms with van der Waals surface area (Å²) >= 11 is 0. The molecule has 3 nitrogen and oxygen atoms in total. The second-order valence-corrected chi connectivity index (χ2v) is 5.94. The van der Waals surface area contributed by atoms with Crippen molar-refractivity contribution < 1.29 is 18.7 Å². The molecule has 2 aromatic rings. The molecule has 114 valence electrons. The Morgan fingerprint density at radius 1 is 1.09 bits per heavy atom. The summed E-state index contributed by atoms with van der Waals surface area (Å²) in [5.41, 5.74) is 1.13. The van der Waals surface area contributed by atoms with Crippen LogP contribution >= 0.6 is 0 Å². The second kappa shape index (κ2) is 6.10. The molecule has 0 bridgehead atoms. The van der Waals surface area contributed by atoms with Crippen LogP contribution in [-0.2, 0) is 4.74 Å². The van der Waals surface area contributed by atoms with Crippen molar-refractivity contribution in [3.8, 4) is 11.1 Å². The largest absolute Gasteiger partial charge is 0.456 e. The molecule has 22 heavy (non-hydrogen) atoms. The molecule has 0 aliphatic heterocycles. The number of rotatable bonds is 3. The van der Waals surface area contributed by atoms with Gasteiger partial charge in [0.05, 0.1) is 5.56 Å². The lowest BCUT2D eigenvalue weighted by molar-refractivity contribution is 0.00695. The number of ether oxygens (including phenoxy) is 1. The molecule has 0 spiro atoms. The highest BCUT2D eigenvalue weighted by molar-refractivity contribution is 5.90. The van der Waals surface area contributed by atoms with Crippen molar-refractivity contribution in [3.05, 3.63) is 59.4 Å². The van der Waals surface area contributed by atoms with Crippen molar-refractivity contribution in [2.45, 2.75) is 26.4 Å². The van der Waals surface area contributed by atoms with E-state index in [1.165, 1.54) is 6.07 Å². The SMILES string of the molecule is CC(C)(C)OC(=O)c1ccc(-c2ccc(C=O)cc2F)cc1. The maximum atomic E-state index is 14.0. The van der Waals surface area contributed by atoms with E-state index in [2.05, 4.69) is 0 Å². The van der Waals surface area contributed by atoms with Crippen LogP contribution in [0.2, 0.25) is 0 Å². The summed E-state index contributed by atoms with van der Waals surface area (Å²) in [6, 6.07) is 10.8. The molecule has 0 fully saturated rings. The van der Waals surface area contributed by atoms with Gasteiger partial charge in [-0.3, -0.25) is 4.79 Å². The molecule has 0 unspecified atom stereocenters. The lowest BCUT2D eigenvalue weighted by Gasteiger charge is -2.19. The molecule has 0 saturated carbocycles. The molecular weight excluding hydrogens is 283 g/mol. The van der Waals surface area contributed by atoms with Crippen LogP contribution in [0.1, 0.15) is 41.5 Å². The van der Waals surface area contributed by atoms with Crippen molar-refractivity contribution in [2.24, 2.45) is 0 Å². The molecule has 4 heteroatoms. The predicted octanol–water partition coefficient (Wildman–Crippen LogP) is 4.26. The fourth-order valence-corrected chi connectivity index (χ4v) is 1.96. The molecule has 0 aliphatic carbocycles. The molecule has 2 aromatic carbocycles. The van der Waals surface area contributed by atoms with Crippen LogP contribution in [0, 0.1) is 5.82 Å². The van der Waals surface area contributed by atoms with Gasteiger partial charge < -0.3 is 4.74 Å². The van der Waals surface area contributed by atoms with E-state index >= 15 is 0 Å². The molecule has 0 amide bonds. The van der Waals surface area contributed by atoms with E-state index in [-0.39, 0.29) is 5.56 Å². The number of hydrogen-bond donors (Lipinski definition) is 0. The van der Waals surface area contributed by atoms with Gasteiger partial charge in [0.2, 0.25) is 0 Å². The highest BCUT2D eigenvalue weighted by Gasteiger charge is 2.17. The molecule has 0 radical (unpaired) electrons. The van der Waals surface area contributed by atoms with Gasteiger partial charge in [-0.1, -0.05) is 24.3 Å². The molecule has 0 heterocycles. The minimum atomic E-state index is -0.563. The van der Waals surface area contributed by atoms with E-state index in [1.807, 2.05) is 0 Å². The number of carbonyl (C=O) groups excluding carboxylic acids is 2. The lowest BCUT2D eigenvalue weighted by Crippen LogP contribution is -2.23. The number of halogens is 1. The van der Waals surface area contributed by atoms with Crippen LogP contribution in [0.5, 0.6) is 0 Å². The summed E-state index contributed by atoms with van der Waals surface area (Å²) < 4.78 is 19.2. The van der Waals surface area contributed by atoms with E-state index < -0.39 is 17.4 Å². The minimum Gasteiger partial charge on any atom is -0.456 e. The molecule has 0 saturated heterocycles. The van der Waals surface area contributed by atoms with Gasteiger partial charge in [-0.25, -0.2) is 9.18 Å². The van der Waals surface area contributed by atoms with Crippen LogP contribution in [0.4, 0.5) is 4.39 Å². The number of carbonyl (C=O) groups is 2. The van der Waals surface area contributed by atoms with Crippen molar-refractivity contribution >= 4 is 12.3 Å². The minimum absolute atomic E-state index is 0.284. The van der Waals surface area contributed by atoms with Crippen LogP contribution in [0.25, 0.3) is 11.1 Å². The molecular formula is C18H17FO3. The predicted molar refractivity (Wildman–Crippen MR) is 82.4 cm³/mol. The van der Waals surface area contributed by atoms with Gasteiger partial charge in [-0.2, -0.15) is 0 Å². The Balaban J connectivity index is 2.25. The van der Waals surface area contributed by atoms with Gasteiger partial charge in [0.1, 0.15) is 17.7 Å². The first-order valence-corrected chi connectivity index (χ1v) is 6.89. The highest BCUT2D eigenvalue weighted by atomic mass is 19.1. The molecule has 2 rings (SSSR count). The van der Waals surface area contributed by atoms with Gasteiger partial charge in [0.25, 0.3) is 0 Å². The zero-order chi connectivity index (χ0) is 16.3. The van der Waals surface area contributed by atoms with Crippen molar-refractivity contribution in [2.75, 3.05) is 0 Å². The molecule has 0 atom stereocenters. The fraction of sp³-hybridized carbons (Fsp3) is 0.222. The number of hydrogen-bond acceptors (Lipinski definition) is 3. The quantitative estimate of drug-likeness (QED) is 0.628. The third kappa shape index (κ3) is 3.79. The van der Waals surface area contributed by atoms with E-state index in [9.17, 15) is 14.0 Å². The Bertz CT molecular complexity index is 697. The Kier molecular flexibility index (Phi) is 4.40. The number of aldehydes is 1. The van der Waals surface area contributed by atoms with Gasteiger partial charge in [-0.15, -0.1) is 0 Å². The Morgan fingerprint density at radius 3 is 2.23 bits per heavy atom. The maximum absolute atomic E-state index is 14.0. The normalized spacial score (nSPS) is 11.1. The monoisotopic (exact) mass is 300 g/mol. The van der Waals surface area contributed by atoms with Crippen molar-refractivity contribution in [1.29, 1.82) is 0 Å². The summed E-state index contributed by atoms with van der Waals surface area (Å²) in [6.45, 7) is 5.38. The van der Waals surface area contributed by atoms with E-state index in [1.54, 1.807) is 57.2 Å². The number of esters is 1. The topological polar surface area (TPSA) is 43.4 Å². The summed E-state index contributed by atoms with van der Waals surface area (Å²) in [4.78, 5) is 22.5. The van der Waals surface area contributed by atoms with Crippen LogP contribution in [0.15, 0.2) is 42.5 Å². The Hall–Kier alpha value is -2.49. The zero-order valence-corrected chi connectivity index (χ0v) is 12.7. The maximum Gasteiger partial charge on any atom is 0.338 e. The van der Waals surface area contributed by atoms with Crippen LogP contribution in [0.3, 0.4) is 0 Å². The standard InChI is InChI=1S/C18H17FO3/c1-18(2,3)22-17(21)14-7-5-13(6-8-14)15-9-4-12(11-20)10-16(15)19/h4-11H,1-3H3. The first-order valence-electron chi connectivity index (χ1n) is 6.89. The van der Waals surface area contributed by atoms with E-state index in [0.29, 0.717) is 23.0 Å². The van der Waals surface area contributed by atoms with Gasteiger partial charge in [0.15, 0.2) is 0 Å². The molecule has 0 N–H and O–H groups in total. The van der Waals surface area contributed by atoms with E-state index in [4.69, 9.17) is 4.74 Å². The average Bonchev–Trinajstić information content (AvgIpc) is 2.45. The molecule has 0 aromatic heterocycles. The summed E-state index contributed by atoms with van der Waals surface area (Å²) in [5, 5.41) is 0. The van der Waals surface area contributed by atoms with Crippen LogP contribution < -0.4 is 0 Å². The van der Waals surface area contributed by atoms with Crippen molar-refractivity contribution in [1.82, 2.24) is 0 Å². The molecule has 0 aliphatic rings. The third-order valence-electron chi connectivity index (χ3n) is 2.96. The second-order valence-electron chi connectivity index (χ2n) is 5.94. The van der Waals surface area contributed by atoms with Gasteiger partial charge in [-0.05, 0) is 44.5 Å². The third-order valence-corrected chi connectivity index (χ3v) is 2.96. The Labute approximate surface area is 128 Å². The zero-order valence-electron chi connectivity index (χ0n) is 12.7. The highest BCUT2D eigenvalue weighted by Crippen LogP contribution is 2.24. The summed E-state index contributed by atoms with van der Waals surface area (Å²) in [6.07, 6.45) is 0.596. The van der Waals surface area contributed by atoms with Crippen LogP contribution in [-0.4, -0.2) is 17.9 Å².